The lowest BCUT2D eigenvalue weighted by Crippen LogP contribution is -2.13. The van der Waals surface area contributed by atoms with Gasteiger partial charge in [0.25, 0.3) is 0 Å². The van der Waals surface area contributed by atoms with E-state index in [1.54, 1.807) is 25.1 Å². The van der Waals surface area contributed by atoms with Crippen molar-refractivity contribution in [3.63, 3.8) is 0 Å². The zero-order chi connectivity index (χ0) is 20.1. The van der Waals surface area contributed by atoms with Crippen LogP contribution in [0.25, 0.3) is 11.3 Å². The maximum atomic E-state index is 5.60. The molecule has 0 aliphatic rings. The topological polar surface area (TPSA) is 61.2 Å². The molecule has 0 unspecified atom stereocenters. The molecular formula is C21H23N3O3S. The lowest BCUT2D eigenvalue weighted by Gasteiger charge is -2.11. The molecular weight excluding hydrogens is 374 g/mol. The Balaban J connectivity index is 2.15. The number of aryl methyl sites for hydroxylation is 1. The summed E-state index contributed by atoms with van der Waals surface area (Å²) in [4.78, 5) is 5.39. The first-order chi connectivity index (χ1) is 13.5. The van der Waals surface area contributed by atoms with Crippen LogP contribution in [0, 0.1) is 6.92 Å². The molecule has 0 fully saturated rings. The van der Waals surface area contributed by atoms with Gasteiger partial charge in [-0.2, -0.15) is 5.10 Å². The van der Waals surface area contributed by atoms with Gasteiger partial charge in [-0.1, -0.05) is 12.2 Å². The maximum absolute atomic E-state index is 5.60. The highest BCUT2D eigenvalue weighted by Gasteiger charge is 2.14. The summed E-state index contributed by atoms with van der Waals surface area (Å²) in [5, 5.41) is 6.62. The number of hydrogen-bond donors (Lipinski definition) is 0. The van der Waals surface area contributed by atoms with Crippen LogP contribution in [-0.4, -0.2) is 31.7 Å². The number of methoxy groups -OCH3 is 2. The predicted molar refractivity (Wildman–Crippen MR) is 113 cm³/mol. The summed E-state index contributed by atoms with van der Waals surface area (Å²) in [6.45, 7) is 8.30. The fourth-order valence-electron chi connectivity index (χ4n) is 2.56. The Morgan fingerprint density at radius 1 is 1.25 bits per heavy atom. The van der Waals surface area contributed by atoms with E-state index in [0.29, 0.717) is 12.3 Å². The minimum atomic E-state index is 0.532. The second kappa shape index (κ2) is 8.75. The Morgan fingerprint density at radius 3 is 2.71 bits per heavy atom. The monoisotopic (exact) mass is 397 g/mol. The Kier molecular flexibility index (Phi) is 6.16. The number of hydrogen-bond acceptors (Lipinski definition) is 6. The number of thiazole rings is 1. The van der Waals surface area contributed by atoms with Crippen LogP contribution in [0.2, 0.25) is 0 Å². The molecule has 7 heteroatoms. The molecule has 0 aliphatic heterocycles. The van der Waals surface area contributed by atoms with Gasteiger partial charge in [0.2, 0.25) is 4.80 Å². The van der Waals surface area contributed by atoms with Gasteiger partial charge in [0.15, 0.2) is 0 Å². The summed E-state index contributed by atoms with van der Waals surface area (Å²) in [7, 11) is 3.28. The molecule has 0 radical (unpaired) electrons. The highest BCUT2D eigenvalue weighted by atomic mass is 32.1. The molecule has 0 atom stereocenters. The van der Waals surface area contributed by atoms with Crippen molar-refractivity contribution in [3.8, 4) is 22.8 Å². The number of rotatable bonds is 7. The summed E-state index contributed by atoms with van der Waals surface area (Å²) >= 11 is 1.50. The largest absolute Gasteiger partial charge is 0.497 e. The van der Waals surface area contributed by atoms with Gasteiger partial charge in [0.1, 0.15) is 23.0 Å². The molecule has 6 nitrogen and oxygen atoms in total. The summed E-state index contributed by atoms with van der Waals surface area (Å²) in [5.74, 6) is 2.96. The standard InChI is InChI=1S/C21H23N3O3S/c1-14(2)11-22-21-24(23-12-17-7-6-15(3)27-17)19(13-28-21)18-10-16(25-4)8-9-20(18)26-5/h6-10,12-13H,1,11H2,2-5H3. The van der Waals surface area contributed by atoms with Gasteiger partial charge in [-0.15, -0.1) is 11.3 Å². The van der Waals surface area contributed by atoms with Crippen molar-refractivity contribution in [2.45, 2.75) is 13.8 Å². The van der Waals surface area contributed by atoms with Gasteiger partial charge < -0.3 is 13.9 Å². The fourth-order valence-corrected chi connectivity index (χ4v) is 3.39. The fraction of sp³-hybridized carbons (Fsp3) is 0.238. The molecule has 0 spiro atoms. The third-order valence-corrected chi connectivity index (χ3v) is 4.77. The van der Waals surface area contributed by atoms with E-state index in [2.05, 4.69) is 16.7 Å². The molecule has 3 rings (SSSR count). The Hall–Kier alpha value is -3.06. The van der Waals surface area contributed by atoms with Crippen molar-refractivity contribution in [2.75, 3.05) is 20.8 Å². The van der Waals surface area contributed by atoms with Gasteiger partial charge in [0.05, 0.1) is 32.7 Å². The minimum Gasteiger partial charge on any atom is -0.497 e. The van der Waals surface area contributed by atoms with Crippen LogP contribution in [-0.2, 0) is 0 Å². The van der Waals surface area contributed by atoms with Crippen molar-refractivity contribution in [1.82, 2.24) is 4.68 Å². The summed E-state index contributed by atoms with van der Waals surface area (Å²) < 4.78 is 18.3. The Labute approximate surface area is 168 Å². The molecule has 3 aromatic rings. The molecule has 146 valence electrons. The summed E-state index contributed by atoms with van der Waals surface area (Å²) in [5.41, 5.74) is 2.69. The summed E-state index contributed by atoms with van der Waals surface area (Å²) in [6.07, 6.45) is 1.68. The van der Waals surface area contributed by atoms with E-state index in [1.165, 1.54) is 11.3 Å². The van der Waals surface area contributed by atoms with Crippen molar-refractivity contribution >= 4 is 17.6 Å². The molecule has 0 bridgehead atoms. The second-order valence-corrected chi connectivity index (χ2v) is 7.08. The van der Waals surface area contributed by atoms with E-state index in [0.717, 1.165) is 38.9 Å². The number of nitrogens with zero attached hydrogens (tertiary/aromatic N) is 3. The van der Waals surface area contributed by atoms with Crippen molar-refractivity contribution in [2.24, 2.45) is 10.1 Å². The van der Waals surface area contributed by atoms with Crippen LogP contribution in [0.15, 0.2) is 62.4 Å². The van der Waals surface area contributed by atoms with Crippen molar-refractivity contribution in [3.05, 3.63) is 64.2 Å². The SMILES string of the molecule is C=C(C)CN=c1scc(-c2cc(OC)ccc2OC)n1N=Cc1ccc(C)o1. The first-order valence-corrected chi connectivity index (χ1v) is 9.58. The highest BCUT2D eigenvalue weighted by molar-refractivity contribution is 7.07. The van der Waals surface area contributed by atoms with Crippen molar-refractivity contribution in [1.29, 1.82) is 0 Å². The first-order valence-electron chi connectivity index (χ1n) is 8.70. The molecule has 28 heavy (non-hydrogen) atoms. The third kappa shape index (κ3) is 4.43. The van der Waals surface area contributed by atoms with Gasteiger partial charge >= 0.3 is 0 Å². The van der Waals surface area contributed by atoms with E-state index in [1.807, 2.05) is 49.6 Å². The quantitative estimate of drug-likeness (QED) is 0.436. The van der Waals surface area contributed by atoms with Crippen LogP contribution < -0.4 is 14.3 Å². The van der Waals surface area contributed by atoms with E-state index in [4.69, 9.17) is 13.9 Å². The minimum absolute atomic E-state index is 0.532. The highest BCUT2D eigenvalue weighted by Crippen LogP contribution is 2.33. The molecule has 1 aromatic carbocycles. The van der Waals surface area contributed by atoms with Crippen molar-refractivity contribution < 1.29 is 13.9 Å². The van der Waals surface area contributed by atoms with E-state index in [-0.39, 0.29) is 0 Å². The van der Waals surface area contributed by atoms with Crippen LogP contribution in [0.5, 0.6) is 11.5 Å². The zero-order valence-corrected chi connectivity index (χ0v) is 17.2. The van der Waals surface area contributed by atoms with Gasteiger partial charge in [-0.05, 0) is 44.2 Å². The number of aromatic nitrogens is 1. The van der Waals surface area contributed by atoms with E-state index in [9.17, 15) is 0 Å². The molecule has 2 aromatic heterocycles. The number of ether oxygens (including phenoxy) is 2. The molecule has 2 heterocycles. The normalized spacial score (nSPS) is 11.9. The van der Waals surface area contributed by atoms with E-state index < -0.39 is 0 Å². The molecule has 0 N–H and O–H groups in total. The second-order valence-electron chi connectivity index (χ2n) is 6.25. The Morgan fingerprint density at radius 2 is 2.07 bits per heavy atom. The first kappa shape index (κ1) is 19.7. The van der Waals surface area contributed by atoms with Gasteiger partial charge in [-0.25, -0.2) is 4.68 Å². The smallest absolute Gasteiger partial charge is 0.206 e. The van der Waals surface area contributed by atoms with E-state index >= 15 is 0 Å². The molecule has 0 aliphatic carbocycles. The lowest BCUT2D eigenvalue weighted by atomic mass is 10.1. The maximum Gasteiger partial charge on any atom is 0.206 e. The number of benzene rings is 1. The lowest BCUT2D eigenvalue weighted by molar-refractivity contribution is 0.404. The van der Waals surface area contributed by atoms with Gasteiger partial charge in [-0.3, -0.25) is 4.99 Å². The van der Waals surface area contributed by atoms with Gasteiger partial charge in [0, 0.05) is 10.9 Å². The van der Waals surface area contributed by atoms with Crippen LogP contribution in [0.4, 0.5) is 0 Å². The predicted octanol–water partition coefficient (Wildman–Crippen LogP) is 4.49. The average Bonchev–Trinajstić information content (AvgIpc) is 3.29. The molecule has 0 saturated carbocycles. The summed E-state index contributed by atoms with van der Waals surface area (Å²) in [6, 6.07) is 9.44. The third-order valence-electron chi connectivity index (χ3n) is 3.91. The van der Waals surface area contributed by atoms with Crippen LogP contribution >= 0.6 is 11.3 Å². The molecule has 0 saturated heterocycles. The van der Waals surface area contributed by atoms with Crippen LogP contribution in [0.1, 0.15) is 18.4 Å². The average molecular weight is 398 g/mol. The Bertz CT molecular complexity index is 1070. The number of furan rings is 1. The zero-order valence-electron chi connectivity index (χ0n) is 16.4. The molecule has 0 amide bonds. The van der Waals surface area contributed by atoms with Crippen LogP contribution in [0.3, 0.4) is 0 Å².